The third kappa shape index (κ3) is 4.02. The van der Waals surface area contributed by atoms with Crippen LogP contribution in [0.4, 0.5) is 0 Å². The third-order valence-electron chi connectivity index (χ3n) is 4.62. The van der Waals surface area contributed by atoms with Gasteiger partial charge in [-0.1, -0.05) is 31.2 Å². The number of amides is 1. The highest BCUT2D eigenvalue weighted by molar-refractivity contribution is 7.13. The van der Waals surface area contributed by atoms with Crippen LogP contribution in [0.3, 0.4) is 0 Å². The van der Waals surface area contributed by atoms with Gasteiger partial charge in [-0.15, -0.1) is 11.3 Å². The maximum absolute atomic E-state index is 12.5. The normalized spacial score (nSPS) is 17.4. The molecule has 1 aliphatic heterocycles. The number of benzene rings is 1. The first-order valence-electron chi connectivity index (χ1n) is 8.65. The Hall–Kier alpha value is -1.72. The lowest BCUT2D eigenvalue weighted by molar-refractivity contribution is -0.129. The largest absolute Gasteiger partial charge is 0.342 e. The molecule has 2 heterocycles. The fourth-order valence-corrected chi connectivity index (χ4v) is 4.01. The summed E-state index contributed by atoms with van der Waals surface area (Å²) in [6.07, 6.45) is 2.55. The molecule has 0 aliphatic carbocycles. The number of carbonyl (C=O) groups is 1. The molecule has 1 atom stereocenters. The number of carbonyl (C=O) groups excluding carboxylic acids is 1. The molecule has 1 N–H and O–H groups in total. The molecular weight excluding hydrogens is 318 g/mol. The standard InChI is InChI=1S/C19H25N3OS/c1-3-14-4-6-16(7-5-14)19-21-17(13-24-19)10-18(23)22-9-8-15(12-22)11-20-2/h4-7,13,15,20H,3,8-12H2,1-2H3. The number of hydrogen-bond acceptors (Lipinski definition) is 4. The number of nitrogens with one attached hydrogen (secondary N) is 1. The van der Waals surface area contributed by atoms with Gasteiger partial charge in [-0.3, -0.25) is 4.79 Å². The minimum absolute atomic E-state index is 0.201. The fraction of sp³-hybridized carbons (Fsp3) is 0.474. The molecule has 0 bridgehead atoms. The van der Waals surface area contributed by atoms with E-state index in [-0.39, 0.29) is 5.91 Å². The average molecular weight is 343 g/mol. The molecular formula is C19H25N3OS. The second-order valence-corrected chi connectivity index (χ2v) is 7.28. The van der Waals surface area contributed by atoms with Crippen LogP contribution >= 0.6 is 11.3 Å². The minimum Gasteiger partial charge on any atom is -0.342 e. The third-order valence-corrected chi connectivity index (χ3v) is 5.56. The zero-order chi connectivity index (χ0) is 16.9. The number of likely N-dealkylation sites (tertiary alicyclic amines) is 1. The van der Waals surface area contributed by atoms with Crippen molar-refractivity contribution in [2.45, 2.75) is 26.2 Å². The summed E-state index contributed by atoms with van der Waals surface area (Å²) in [7, 11) is 1.97. The van der Waals surface area contributed by atoms with Gasteiger partial charge in [0.15, 0.2) is 0 Å². The zero-order valence-corrected chi connectivity index (χ0v) is 15.2. The maximum atomic E-state index is 12.5. The Kier molecular flexibility index (Phi) is 5.63. The van der Waals surface area contributed by atoms with Crippen LogP contribution in [-0.2, 0) is 17.6 Å². The van der Waals surface area contributed by atoms with Gasteiger partial charge in [-0.05, 0) is 37.9 Å². The van der Waals surface area contributed by atoms with Crippen LogP contribution in [0.15, 0.2) is 29.6 Å². The molecule has 1 unspecified atom stereocenters. The SMILES string of the molecule is CCc1ccc(-c2nc(CC(=O)N3CCC(CNC)C3)cs2)cc1. The summed E-state index contributed by atoms with van der Waals surface area (Å²) in [4.78, 5) is 19.1. The predicted molar refractivity (Wildman–Crippen MR) is 99.2 cm³/mol. The number of thiazole rings is 1. The fourth-order valence-electron chi connectivity index (χ4n) is 3.18. The van der Waals surface area contributed by atoms with E-state index in [1.54, 1.807) is 11.3 Å². The summed E-state index contributed by atoms with van der Waals surface area (Å²) in [5, 5.41) is 6.21. The van der Waals surface area contributed by atoms with Gasteiger partial charge in [0.1, 0.15) is 5.01 Å². The lowest BCUT2D eigenvalue weighted by atomic mass is 10.1. The van der Waals surface area contributed by atoms with Crippen LogP contribution in [0.2, 0.25) is 0 Å². The van der Waals surface area contributed by atoms with E-state index >= 15 is 0 Å². The molecule has 5 heteroatoms. The van der Waals surface area contributed by atoms with E-state index in [2.05, 4.69) is 41.5 Å². The molecule has 1 aliphatic rings. The Morgan fingerprint density at radius 3 is 2.88 bits per heavy atom. The minimum atomic E-state index is 0.201. The Bertz CT molecular complexity index is 680. The topological polar surface area (TPSA) is 45.2 Å². The first-order chi connectivity index (χ1) is 11.7. The molecule has 1 amide bonds. The van der Waals surface area contributed by atoms with Gasteiger partial charge in [0.25, 0.3) is 0 Å². The summed E-state index contributed by atoms with van der Waals surface area (Å²) < 4.78 is 0. The molecule has 4 nitrogen and oxygen atoms in total. The zero-order valence-electron chi connectivity index (χ0n) is 14.4. The molecule has 24 heavy (non-hydrogen) atoms. The number of nitrogens with zero attached hydrogens (tertiary/aromatic N) is 2. The van der Waals surface area contributed by atoms with Crippen molar-refractivity contribution in [1.82, 2.24) is 15.2 Å². The van der Waals surface area contributed by atoms with E-state index in [1.165, 1.54) is 5.56 Å². The highest BCUT2D eigenvalue weighted by Crippen LogP contribution is 2.25. The van der Waals surface area contributed by atoms with E-state index in [9.17, 15) is 4.79 Å². The van der Waals surface area contributed by atoms with Gasteiger partial charge in [0.2, 0.25) is 5.91 Å². The highest BCUT2D eigenvalue weighted by Gasteiger charge is 2.26. The molecule has 2 aromatic rings. The van der Waals surface area contributed by atoms with Crippen LogP contribution in [0.1, 0.15) is 24.6 Å². The first-order valence-corrected chi connectivity index (χ1v) is 9.53. The van der Waals surface area contributed by atoms with Crippen molar-refractivity contribution in [2.75, 3.05) is 26.7 Å². The predicted octanol–water partition coefficient (Wildman–Crippen LogP) is 2.98. The number of aryl methyl sites for hydroxylation is 1. The monoisotopic (exact) mass is 343 g/mol. The molecule has 1 saturated heterocycles. The summed E-state index contributed by atoms with van der Waals surface area (Å²) in [6.45, 7) is 4.88. The number of hydrogen-bond donors (Lipinski definition) is 1. The van der Waals surface area contributed by atoms with Crippen LogP contribution in [-0.4, -0.2) is 42.5 Å². The van der Waals surface area contributed by atoms with Crippen LogP contribution in [0.5, 0.6) is 0 Å². The van der Waals surface area contributed by atoms with Gasteiger partial charge >= 0.3 is 0 Å². The molecule has 128 valence electrons. The molecule has 0 saturated carbocycles. The Morgan fingerprint density at radius 1 is 1.38 bits per heavy atom. The van der Waals surface area contributed by atoms with E-state index in [0.29, 0.717) is 12.3 Å². The van der Waals surface area contributed by atoms with Crippen molar-refractivity contribution in [1.29, 1.82) is 0 Å². The van der Waals surface area contributed by atoms with Crippen molar-refractivity contribution in [2.24, 2.45) is 5.92 Å². The van der Waals surface area contributed by atoms with E-state index in [1.807, 2.05) is 17.3 Å². The molecule has 3 rings (SSSR count). The van der Waals surface area contributed by atoms with Crippen LogP contribution in [0.25, 0.3) is 10.6 Å². The van der Waals surface area contributed by atoms with Crippen molar-refractivity contribution in [3.8, 4) is 10.6 Å². The quantitative estimate of drug-likeness (QED) is 0.877. The second-order valence-electron chi connectivity index (χ2n) is 6.42. The maximum Gasteiger partial charge on any atom is 0.228 e. The smallest absolute Gasteiger partial charge is 0.228 e. The Balaban J connectivity index is 1.60. The van der Waals surface area contributed by atoms with Gasteiger partial charge in [-0.25, -0.2) is 4.98 Å². The molecule has 1 aromatic carbocycles. The highest BCUT2D eigenvalue weighted by atomic mass is 32.1. The molecule has 1 aromatic heterocycles. The summed E-state index contributed by atoms with van der Waals surface area (Å²) >= 11 is 1.62. The molecule has 0 radical (unpaired) electrons. The number of rotatable bonds is 6. The first kappa shape index (κ1) is 17.1. The number of aromatic nitrogens is 1. The van der Waals surface area contributed by atoms with Crippen molar-refractivity contribution in [3.63, 3.8) is 0 Å². The Morgan fingerprint density at radius 2 is 2.17 bits per heavy atom. The summed E-state index contributed by atoms with van der Waals surface area (Å²) in [5.74, 6) is 0.786. The van der Waals surface area contributed by atoms with Gasteiger partial charge in [0, 0.05) is 24.0 Å². The molecule has 0 spiro atoms. The average Bonchev–Trinajstić information content (AvgIpc) is 3.25. The van der Waals surface area contributed by atoms with E-state index in [4.69, 9.17) is 0 Å². The summed E-state index contributed by atoms with van der Waals surface area (Å²) in [5.41, 5.74) is 3.35. The molecule has 1 fully saturated rings. The van der Waals surface area contributed by atoms with E-state index < -0.39 is 0 Å². The van der Waals surface area contributed by atoms with Crippen molar-refractivity contribution < 1.29 is 4.79 Å². The van der Waals surface area contributed by atoms with Crippen LogP contribution < -0.4 is 5.32 Å². The van der Waals surface area contributed by atoms with E-state index in [0.717, 1.165) is 48.7 Å². The lowest BCUT2D eigenvalue weighted by Crippen LogP contribution is -2.31. The summed E-state index contributed by atoms with van der Waals surface area (Å²) in [6, 6.07) is 8.53. The van der Waals surface area contributed by atoms with Gasteiger partial charge in [0.05, 0.1) is 12.1 Å². The van der Waals surface area contributed by atoms with Gasteiger partial charge in [-0.2, -0.15) is 0 Å². The van der Waals surface area contributed by atoms with Crippen molar-refractivity contribution in [3.05, 3.63) is 40.9 Å². The van der Waals surface area contributed by atoms with Crippen LogP contribution in [0, 0.1) is 5.92 Å². The lowest BCUT2D eigenvalue weighted by Gasteiger charge is -2.15. The van der Waals surface area contributed by atoms with Crippen molar-refractivity contribution >= 4 is 17.2 Å². The second kappa shape index (κ2) is 7.90. The Labute approximate surface area is 147 Å². The van der Waals surface area contributed by atoms with Gasteiger partial charge < -0.3 is 10.2 Å².